The maximum atomic E-state index is 12.9. The van der Waals surface area contributed by atoms with Gasteiger partial charge in [0.05, 0.1) is 10.9 Å². The van der Waals surface area contributed by atoms with Crippen molar-refractivity contribution in [3.63, 3.8) is 0 Å². The summed E-state index contributed by atoms with van der Waals surface area (Å²) < 4.78 is 0.813. The lowest BCUT2D eigenvalue weighted by Gasteiger charge is -2.29. The number of H-pyrrole nitrogens is 1. The Bertz CT molecular complexity index is 1000. The predicted molar refractivity (Wildman–Crippen MR) is 98.4 cm³/mol. The van der Waals surface area contributed by atoms with Crippen LogP contribution in [0.4, 0.5) is 0 Å². The second-order valence-electron chi connectivity index (χ2n) is 5.96. The van der Waals surface area contributed by atoms with Crippen LogP contribution < -0.4 is 4.87 Å². The zero-order valence-electron chi connectivity index (χ0n) is 13.0. The van der Waals surface area contributed by atoms with E-state index < -0.39 is 41.4 Å². The first kappa shape index (κ1) is 17.5. The van der Waals surface area contributed by atoms with E-state index in [-0.39, 0.29) is 4.87 Å². The Hall–Kier alpha value is -1.91. The molecule has 2 unspecified atom stereocenters. The van der Waals surface area contributed by atoms with Crippen LogP contribution in [0.5, 0.6) is 0 Å². The summed E-state index contributed by atoms with van der Waals surface area (Å²) in [5, 5.41) is 8.85. The van der Waals surface area contributed by atoms with Gasteiger partial charge in [-0.2, -0.15) is 0 Å². The Labute approximate surface area is 163 Å². The fraction of sp³-hybridized carbons (Fsp3) is 0.250. The number of imide groups is 1. The van der Waals surface area contributed by atoms with Crippen molar-refractivity contribution in [1.82, 2.24) is 9.88 Å². The molecule has 2 N–H and O–H groups in total. The lowest BCUT2D eigenvalue weighted by molar-refractivity contribution is -0.149. The maximum Gasteiger partial charge on any atom is 0.323 e. The molecule has 0 bridgehead atoms. The van der Waals surface area contributed by atoms with Gasteiger partial charge in [0, 0.05) is 15.3 Å². The largest absolute Gasteiger partial charge is 0.480 e. The van der Waals surface area contributed by atoms with Crippen molar-refractivity contribution in [2.75, 3.05) is 6.54 Å². The standard InChI is InChI=1S/C16H11BrN2O5S2/c17-7-3-1-2-6(4-7)9-10-12(25-13-11(9)26-16(24)18-13)15(23)19(14(10)22)5-8(20)21/h1-4,9-10,12H,5H2,(H,18,24)(H,20,21)/t9-,10?,12?/m1/s1. The van der Waals surface area contributed by atoms with E-state index in [9.17, 15) is 19.2 Å². The van der Waals surface area contributed by atoms with Gasteiger partial charge in [-0.3, -0.25) is 24.1 Å². The number of carboxylic acids is 1. The first-order chi connectivity index (χ1) is 12.4. The van der Waals surface area contributed by atoms with E-state index in [1.807, 2.05) is 24.3 Å². The van der Waals surface area contributed by atoms with Gasteiger partial charge >= 0.3 is 10.8 Å². The number of halogens is 1. The minimum Gasteiger partial charge on any atom is -0.480 e. The summed E-state index contributed by atoms with van der Waals surface area (Å²) in [5.74, 6) is -3.48. The van der Waals surface area contributed by atoms with E-state index in [4.69, 9.17) is 5.11 Å². The number of thiazole rings is 1. The van der Waals surface area contributed by atoms with Crippen LogP contribution in [0.15, 0.2) is 38.6 Å². The van der Waals surface area contributed by atoms with Gasteiger partial charge in [0.1, 0.15) is 11.8 Å². The van der Waals surface area contributed by atoms with Crippen molar-refractivity contribution >= 4 is 56.8 Å². The van der Waals surface area contributed by atoms with Crippen molar-refractivity contribution in [2.24, 2.45) is 5.92 Å². The van der Waals surface area contributed by atoms with Gasteiger partial charge in [0.25, 0.3) is 0 Å². The Kier molecular flexibility index (Phi) is 4.28. The number of hydrogen-bond donors (Lipinski definition) is 2. The summed E-state index contributed by atoms with van der Waals surface area (Å²) in [6.45, 7) is -0.652. The van der Waals surface area contributed by atoms with Crippen LogP contribution >= 0.6 is 39.0 Å². The van der Waals surface area contributed by atoms with Gasteiger partial charge in [0.15, 0.2) is 0 Å². The Morgan fingerprint density at radius 1 is 1.27 bits per heavy atom. The number of aromatic nitrogens is 1. The lowest BCUT2D eigenvalue weighted by Crippen LogP contribution is -2.36. The highest BCUT2D eigenvalue weighted by Crippen LogP contribution is 2.52. The molecule has 1 saturated heterocycles. The van der Waals surface area contributed by atoms with Crippen LogP contribution in [0.1, 0.15) is 16.4 Å². The molecule has 134 valence electrons. The zero-order chi connectivity index (χ0) is 18.6. The van der Waals surface area contributed by atoms with Gasteiger partial charge in [0.2, 0.25) is 11.8 Å². The smallest absolute Gasteiger partial charge is 0.323 e. The fourth-order valence-corrected chi connectivity index (χ4v) is 6.38. The van der Waals surface area contributed by atoms with Crippen molar-refractivity contribution in [3.8, 4) is 0 Å². The van der Waals surface area contributed by atoms with Crippen molar-refractivity contribution in [1.29, 1.82) is 0 Å². The molecule has 4 rings (SSSR count). The monoisotopic (exact) mass is 454 g/mol. The molecule has 0 aliphatic carbocycles. The second kappa shape index (κ2) is 6.36. The molecule has 1 aromatic heterocycles. The zero-order valence-corrected chi connectivity index (χ0v) is 16.2. The topological polar surface area (TPSA) is 108 Å². The van der Waals surface area contributed by atoms with Gasteiger partial charge in [-0.1, -0.05) is 51.2 Å². The van der Waals surface area contributed by atoms with Crippen LogP contribution in [0.25, 0.3) is 0 Å². The molecular weight excluding hydrogens is 444 g/mol. The Morgan fingerprint density at radius 3 is 2.73 bits per heavy atom. The highest BCUT2D eigenvalue weighted by Gasteiger charge is 2.56. The second-order valence-corrected chi connectivity index (χ2v) is 9.04. The van der Waals surface area contributed by atoms with Crippen molar-refractivity contribution < 1.29 is 19.5 Å². The molecule has 1 fully saturated rings. The quantitative estimate of drug-likeness (QED) is 0.685. The number of nitrogens with zero attached hydrogens (tertiary/aromatic N) is 1. The molecule has 2 aliphatic rings. The SMILES string of the molecule is O=C(O)CN1C(=O)C2Sc3[nH]c(=O)sc3[C@H](c3cccc(Br)c3)C2C1=O. The summed E-state index contributed by atoms with van der Waals surface area (Å²) in [5.41, 5.74) is 0.796. The first-order valence-electron chi connectivity index (χ1n) is 7.59. The van der Waals surface area contributed by atoms with Gasteiger partial charge < -0.3 is 10.1 Å². The molecule has 0 radical (unpaired) electrons. The number of aliphatic carboxylic acids is 1. The number of aromatic amines is 1. The average molecular weight is 455 g/mol. The number of fused-ring (bicyclic) bond motifs is 2. The van der Waals surface area contributed by atoms with Crippen LogP contribution in [-0.4, -0.2) is 44.6 Å². The highest BCUT2D eigenvalue weighted by atomic mass is 79.9. The van der Waals surface area contributed by atoms with E-state index >= 15 is 0 Å². The summed E-state index contributed by atoms with van der Waals surface area (Å²) in [6.07, 6.45) is 0. The molecular formula is C16H11BrN2O5S2. The fourth-order valence-electron chi connectivity index (χ4n) is 3.42. The minimum atomic E-state index is -1.24. The van der Waals surface area contributed by atoms with Crippen LogP contribution in [0.3, 0.4) is 0 Å². The average Bonchev–Trinajstić information content (AvgIpc) is 3.05. The van der Waals surface area contributed by atoms with Crippen LogP contribution in [0, 0.1) is 5.92 Å². The molecule has 26 heavy (non-hydrogen) atoms. The number of amides is 2. The maximum absolute atomic E-state index is 12.9. The number of likely N-dealkylation sites (tertiary alicyclic amines) is 1. The first-order valence-corrected chi connectivity index (χ1v) is 10.1. The number of nitrogens with one attached hydrogen (secondary N) is 1. The molecule has 3 atom stereocenters. The van der Waals surface area contributed by atoms with Gasteiger partial charge in [-0.05, 0) is 17.7 Å². The van der Waals surface area contributed by atoms with E-state index in [1.165, 1.54) is 0 Å². The molecule has 10 heteroatoms. The number of hydrogen-bond acceptors (Lipinski definition) is 6. The number of carbonyl (C=O) groups is 3. The third kappa shape index (κ3) is 2.72. The molecule has 3 heterocycles. The summed E-state index contributed by atoms with van der Waals surface area (Å²) >= 11 is 5.56. The van der Waals surface area contributed by atoms with E-state index in [2.05, 4.69) is 20.9 Å². The van der Waals surface area contributed by atoms with Crippen molar-refractivity contribution in [3.05, 3.63) is 48.8 Å². The number of thioether (sulfide) groups is 1. The highest BCUT2D eigenvalue weighted by molar-refractivity contribution is 9.10. The molecule has 0 saturated carbocycles. The number of carbonyl (C=O) groups excluding carboxylic acids is 2. The Balaban J connectivity index is 1.86. The summed E-state index contributed by atoms with van der Waals surface area (Å²) in [6, 6.07) is 7.36. The summed E-state index contributed by atoms with van der Waals surface area (Å²) in [7, 11) is 0. The third-order valence-electron chi connectivity index (χ3n) is 4.42. The Morgan fingerprint density at radius 2 is 2.04 bits per heavy atom. The molecule has 1 aromatic carbocycles. The van der Waals surface area contributed by atoms with Crippen LogP contribution in [0.2, 0.25) is 0 Å². The summed E-state index contributed by atoms with van der Waals surface area (Å²) in [4.78, 5) is 52.5. The third-order valence-corrected chi connectivity index (χ3v) is 7.31. The molecule has 0 spiro atoms. The molecule has 2 aromatic rings. The number of carboxylic acid groups (broad SMARTS) is 1. The minimum absolute atomic E-state index is 0.246. The van der Waals surface area contributed by atoms with E-state index in [0.717, 1.165) is 38.0 Å². The van der Waals surface area contributed by atoms with E-state index in [0.29, 0.717) is 9.90 Å². The van der Waals surface area contributed by atoms with E-state index in [1.54, 1.807) is 0 Å². The van der Waals surface area contributed by atoms with Gasteiger partial charge in [-0.25, -0.2) is 0 Å². The van der Waals surface area contributed by atoms with Gasteiger partial charge in [-0.15, -0.1) is 0 Å². The normalized spacial score (nSPS) is 24.5. The number of rotatable bonds is 3. The van der Waals surface area contributed by atoms with Crippen LogP contribution in [-0.2, 0) is 14.4 Å². The predicted octanol–water partition coefficient (Wildman–Crippen LogP) is 1.87. The molecule has 7 nitrogen and oxygen atoms in total. The molecule has 2 aliphatic heterocycles. The molecule has 2 amide bonds. The number of benzene rings is 1. The lowest BCUT2D eigenvalue weighted by atomic mass is 9.83. The van der Waals surface area contributed by atoms with Crippen molar-refractivity contribution in [2.45, 2.75) is 16.2 Å².